The molecule has 1 N–H and O–H groups in total. The van der Waals surface area contributed by atoms with E-state index in [2.05, 4.69) is 5.32 Å². The molecule has 2 aromatic carbocycles. The molecule has 0 unspecified atom stereocenters. The second-order valence-corrected chi connectivity index (χ2v) is 7.09. The number of carbonyl (C=O) groups excluding carboxylic acids is 3. The number of hydrogen-bond acceptors (Lipinski definition) is 5. The quantitative estimate of drug-likeness (QED) is 0.730. The van der Waals surface area contributed by atoms with Crippen molar-refractivity contribution in [3.8, 4) is 5.75 Å². The fraction of sp³-hybridized carbons (Fsp3) is 0.286. The summed E-state index contributed by atoms with van der Waals surface area (Å²) < 4.78 is 10.6. The van der Waals surface area contributed by atoms with Crippen molar-refractivity contribution in [3.63, 3.8) is 0 Å². The Morgan fingerprint density at radius 2 is 1.86 bits per heavy atom. The summed E-state index contributed by atoms with van der Waals surface area (Å²) in [6.45, 7) is 1.65. The summed E-state index contributed by atoms with van der Waals surface area (Å²) in [5, 5.41) is 3.20. The lowest BCUT2D eigenvalue weighted by atomic mass is 10.1. The predicted molar refractivity (Wildman–Crippen MR) is 109 cm³/mol. The van der Waals surface area contributed by atoms with E-state index in [1.807, 2.05) is 0 Å². The van der Waals surface area contributed by atoms with Gasteiger partial charge in [-0.25, -0.2) is 0 Å². The van der Waals surface area contributed by atoms with Crippen molar-refractivity contribution in [2.24, 2.45) is 5.92 Å². The smallest absolute Gasteiger partial charge is 0.312 e. The van der Waals surface area contributed by atoms with E-state index in [4.69, 9.17) is 21.1 Å². The molecule has 2 atom stereocenters. The third-order valence-corrected chi connectivity index (χ3v) is 4.86. The molecule has 29 heavy (non-hydrogen) atoms. The number of benzene rings is 2. The van der Waals surface area contributed by atoms with Crippen molar-refractivity contribution in [2.75, 3.05) is 23.9 Å². The largest absolute Gasteiger partial charge is 0.495 e. The Morgan fingerprint density at radius 3 is 2.55 bits per heavy atom. The molecule has 0 saturated carbocycles. The van der Waals surface area contributed by atoms with Crippen LogP contribution in [0.1, 0.15) is 13.3 Å². The van der Waals surface area contributed by atoms with Crippen molar-refractivity contribution in [2.45, 2.75) is 19.4 Å². The van der Waals surface area contributed by atoms with Gasteiger partial charge in [-0.1, -0.05) is 23.7 Å². The first-order valence-corrected chi connectivity index (χ1v) is 9.47. The van der Waals surface area contributed by atoms with E-state index in [1.54, 1.807) is 48.5 Å². The predicted octanol–water partition coefficient (Wildman–Crippen LogP) is 3.27. The van der Waals surface area contributed by atoms with E-state index in [1.165, 1.54) is 18.9 Å². The summed E-state index contributed by atoms with van der Waals surface area (Å²) in [7, 11) is 1.52. The van der Waals surface area contributed by atoms with Crippen LogP contribution in [0.3, 0.4) is 0 Å². The number of amides is 2. The van der Waals surface area contributed by atoms with Crippen LogP contribution in [0.5, 0.6) is 5.75 Å². The highest BCUT2D eigenvalue weighted by molar-refractivity contribution is 6.30. The SMILES string of the molecule is COc1ccccc1N1C[C@@H](C(=O)O[C@@H](C)C(=O)Nc2ccc(Cl)cc2)CC1=O. The lowest BCUT2D eigenvalue weighted by molar-refractivity contribution is -0.157. The van der Waals surface area contributed by atoms with E-state index in [0.717, 1.165) is 0 Å². The molecule has 1 aliphatic heterocycles. The Kier molecular flexibility index (Phi) is 6.39. The highest BCUT2D eigenvalue weighted by Gasteiger charge is 2.38. The van der Waals surface area contributed by atoms with Crippen LogP contribution >= 0.6 is 11.6 Å². The van der Waals surface area contributed by atoms with E-state index in [-0.39, 0.29) is 18.9 Å². The molecule has 1 fully saturated rings. The summed E-state index contributed by atoms with van der Waals surface area (Å²) in [4.78, 5) is 38.7. The van der Waals surface area contributed by atoms with Crippen LogP contribution in [-0.4, -0.2) is 37.5 Å². The third kappa shape index (κ3) is 4.86. The Hall–Kier alpha value is -3.06. The highest BCUT2D eigenvalue weighted by Crippen LogP contribution is 2.33. The van der Waals surface area contributed by atoms with Gasteiger partial charge in [0, 0.05) is 23.7 Å². The first-order chi connectivity index (χ1) is 13.9. The minimum atomic E-state index is -1.01. The second-order valence-electron chi connectivity index (χ2n) is 6.65. The van der Waals surface area contributed by atoms with Crippen LogP contribution in [0, 0.1) is 5.92 Å². The monoisotopic (exact) mass is 416 g/mol. The van der Waals surface area contributed by atoms with Crippen molar-refractivity contribution in [1.82, 2.24) is 0 Å². The number of nitrogens with one attached hydrogen (secondary N) is 1. The minimum Gasteiger partial charge on any atom is -0.495 e. The molecule has 0 spiro atoms. The summed E-state index contributed by atoms with van der Waals surface area (Å²) in [6.07, 6.45) is -0.990. The number of nitrogens with zero attached hydrogens (tertiary/aromatic N) is 1. The lowest BCUT2D eigenvalue weighted by Gasteiger charge is -2.20. The van der Waals surface area contributed by atoms with Gasteiger partial charge in [0.2, 0.25) is 5.91 Å². The van der Waals surface area contributed by atoms with Gasteiger partial charge in [-0.3, -0.25) is 14.4 Å². The molecule has 0 radical (unpaired) electrons. The summed E-state index contributed by atoms with van der Waals surface area (Å²) >= 11 is 5.82. The van der Waals surface area contributed by atoms with Gasteiger partial charge >= 0.3 is 5.97 Å². The van der Waals surface area contributed by atoms with Gasteiger partial charge in [-0.2, -0.15) is 0 Å². The van der Waals surface area contributed by atoms with Gasteiger partial charge < -0.3 is 19.7 Å². The molecule has 8 heteroatoms. The van der Waals surface area contributed by atoms with E-state index < -0.39 is 23.9 Å². The van der Waals surface area contributed by atoms with Gasteiger partial charge in [-0.15, -0.1) is 0 Å². The molecule has 1 heterocycles. The summed E-state index contributed by atoms with van der Waals surface area (Å²) in [6, 6.07) is 13.7. The average molecular weight is 417 g/mol. The number of hydrogen-bond donors (Lipinski definition) is 1. The molecule has 0 aliphatic carbocycles. The Labute approximate surface area is 173 Å². The van der Waals surface area contributed by atoms with Crippen molar-refractivity contribution >= 4 is 40.8 Å². The van der Waals surface area contributed by atoms with Gasteiger partial charge in [0.05, 0.1) is 18.7 Å². The Bertz CT molecular complexity index is 916. The minimum absolute atomic E-state index is 0.0163. The molecule has 7 nitrogen and oxygen atoms in total. The Morgan fingerprint density at radius 1 is 1.17 bits per heavy atom. The van der Waals surface area contributed by atoms with Crippen LogP contribution in [0.15, 0.2) is 48.5 Å². The van der Waals surface area contributed by atoms with E-state index >= 15 is 0 Å². The first kappa shape index (κ1) is 20.7. The lowest BCUT2D eigenvalue weighted by Crippen LogP contribution is -2.33. The molecule has 3 rings (SSSR count). The number of rotatable bonds is 6. The highest BCUT2D eigenvalue weighted by atomic mass is 35.5. The standard InChI is InChI=1S/C21H21ClN2O5/c1-13(20(26)23-16-9-7-15(22)8-10-16)29-21(27)14-11-19(25)24(12-14)17-5-3-4-6-18(17)28-2/h3-10,13-14H,11-12H2,1-2H3,(H,23,26)/t13-,14-/m0/s1. The summed E-state index contributed by atoms with van der Waals surface area (Å²) in [5.74, 6) is -1.36. The van der Waals surface area contributed by atoms with Gasteiger partial charge in [0.15, 0.2) is 6.10 Å². The number of anilines is 2. The van der Waals surface area contributed by atoms with Crippen molar-refractivity contribution in [1.29, 1.82) is 0 Å². The molecular weight excluding hydrogens is 396 g/mol. The van der Waals surface area contributed by atoms with Gasteiger partial charge in [0.1, 0.15) is 5.75 Å². The van der Waals surface area contributed by atoms with Crippen LogP contribution in [-0.2, 0) is 19.1 Å². The Balaban J connectivity index is 1.60. The zero-order chi connectivity index (χ0) is 21.0. The fourth-order valence-corrected chi connectivity index (χ4v) is 3.18. The molecule has 0 aromatic heterocycles. The zero-order valence-electron chi connectivity index (χ0n) is 16.1. The zero-order valence-corrected chi connectivity index (χ0v) is 16.8. The van der Waals surface area contributed by atoms with E-state index in [9.17, 15) is 14.4 Å². The molecule has 152 valence electrons. The molecule has 1 saturated heterocycles. The topological polar surface area (TPSA) is 84.9 Å². The van der Waals surface area contributed by atoms with Crippen LogP contribution in [0.2, 0.25) is 5.02 Å². The van der Waals surface area contributed by atoms with Crippen molar-refractivity contribution < 1.29 is 23.9 Å². The number of halogens is 1. The third-order valence-electron chi connectivity index (χ3n) is 4.61. The van der Waals surface area contributed by atoms with Gasteiger partial charge in [-0.05, 0) is 43.3 Å². The number of methoxy groups -OCH3 is 1. The number of esters is 1. The van der Waals surface area contributed by atoms with Crippen LogP contribution in [0.25, 0.3) is 0 Å². The maximum Gasteiger partial charge on any atom is 0.312 e. The molecule has 2 amide bonds. The second kappa shape index (κ2) is 8.96. The number of para-hydroxylation sites is 2. The van der Waals surface area contributed by atoms with E-state index in [0.29, 0.717) is 22.1 Å². The fourth-order valence-electron chi connectivity index (χ4n) is 3.05. The molecule has 0 bridgehead atoms. The molecule has 2 aromatic rings. The summed E-state index contributed by atoms with van der Waals surface area (Å²) in [5.41, 5.74) is 1.14. The molecular formula is C21H21ClN2O5. The molecule has 1 aliphatic rings. The number of carbonyl (C=O) groups is 3. The normalized spacial score (nSPS) is 17.0. The van der Waals surface area contributed by atoms with Crippen LogP contribution in [0.4, 0.5) is 11.4 Å². The number of ether oxygens (including phenoxy) is 2. The average Bonchev–Trinajstić information content (AvgIpc) is 3.11. The van der Waals surface area contributed by atoms with Crippen LogP contribution < -0.4 is 15.0 Å². The maximum absolute atomic E-state index is 12.5. The van der Waals surface area contributed by atoms with Gasteiger partial charge in [0.25, 0.3) is 5.91 Å². The van der Waals surface area contributed by atoms with Crippen molar-refractivity contribution in [3.05, 3.63) is 53.6 Å². The maximum atomic E-state index is 12.5. The first-order valence-electron chi connectivity index (χ1n) is 9.09.